The van der Waals surface area contributed by atoms with Gasteiger partial charge in [-0.1, -0.05) is 23.2 Å². The number of piperazine rings is 1. The second kappa shape index (κ2) is 8.99. The van der Waals surface area contributed by atoms with Crippen molar-refractivity contribution in [2.24, 2.45) is 0 Å². The molecule has 37 heavy (non-hydrogen) atoms. The minimum atomic E-state index is -0.684. The molecule has 1 amide bonds. The summed E-state index contributed by atoms with van der Waals surface area (Å²) in [5.41, 5.74) is -0.524. The van der Waals surface area contributed by atoms with Gasteiger partial charge in [0.05, 0.1) is 39.1 Å². The van der Waals surface area contributed by atoms with Crippen molar-refractivity contribution in [3.05, 3.63) is 21.7 Å². The van der Waals surface area contributed by atoms with Crippen LogP contribution in [0.15, 0.2) is 0 Å². The van der Waals surface area contributed by atoms with Crippen LogP contribution < -0.4 is 9.64 Å². The maximum Gasteiger partial charge on any atom is 0.411 e. The highest BCUT2D eigenvalue weighted by atomic mass is 35.5. The fraction of sp³-hybridized carbons (Fsp3) is 0.654. The zero-order chi connectivity index (χ0) is 27.0. The Morgan fingerprint density at radius 2 is 1.97 bits per heavy atom. The number of fused-ring (bicyclic) bond motifs is 5. The van der Waals surface area contributed by atoms with E-state index in [1.807, 2.05) is 51.6 Å². The Morgan fingerprint density at radius 1 is 1.27 bits per heavy atom. The minimum absolute atomic E-state index is 0.176. The number of nitrogens with zero attached hydrogens (tertiary/aromatic N) is 5. The van der Waals surface area contributed by atoms with Crippen LogP contribution >= 0.6 is 23.2 Å². The van der Waals surface area contributed by atoms with E-state index < -0.39 is 23.1 Å². The fourth-order valence-corrected chi connectivity index (χ4v) is 6.54. The number of hydrogen-bond acceptors (Lipinski definition) is 7. The lowest BCUT2D eigenvalue weighted by molar-refractivity contribution is -0.0165. The highest BCUT2D eigenvalue weighted by molar-refractivity contribution is 6.38. The van der Waals surface area contributed by atoms with Crippen LogP contribution in [0.5, 0.6) is 5.88 Å². The molecule has 0 N–H and O–H groups in total. The Kier molecular flexibility index (Phi) is 6.44. The third-order valence-electron chi connectivity index (χ3n) is 7.60. The second-order valence-corrected chi connectivity index (χ2v) is 12.7. The van der Waals surface area contributed by atoms with Crippen LogP contribution in [-0.2, 0) is 11.2 Å². The molecule has 2 aromatic rings. The van der Waals surface area contributed by atoms with Crippen LogP contribution in [0.2, 0.25) is 10.2 Å². The quantitative estimate of drug-likeness (QED) is 0.477. The molecule has 2 fully saturated rings. The molecule has 4 atom stereocenters. The van der Waals surface area contributed by atoms with Gasteiger partial charge in [0.15, 0.2) is 11.0 Å². The number of amides is 1. The molecule has 202 valence electrons. The van der Waals surface area contributed by atoms with E-state index in [4.69, 9.17) is 37.7 Å². The summed E-state index contributed by atoms with van der Waals surface area (Å²) in [5.74, 6) is 0.0932. The Hall–Kier alpha value is -2.10. The molecule has 3 aliphatic heterocycles. The molecule has 3 aliphatic rings. The number of pyridine rings is 2. The summed E-state index contributed by atoms with van der Waals surface area (Å²) in [6.07, 6.45) is 1.39. The molecule has 11 heteroatoms. The number of carbonyl (C=O) groups excluding carboxylic acids is 1. The van der Waals surface area contributed by atoms with Crippen LogP contribution in [-0.4, -0.2) is 82.4 Å². The standard InChI is InChI=1S/C26H34Cl2FN5O3/c1-13-20-15-8-10-26(5,34(15)24(35)37-25(2,3)4)12-33(20)22-17-16(19(29)21(28)31-23(17)36-13)18(27)14(30-22)9-11-32(6)7/h13,15,20H,8-12H2,1-7H3/t13-,15-,20+,26+/m0/s1. The van der Waals surface area contributed by atoms with E-state index in [1.54, 1.807) is 0 Å². The first kappa shape index (κ1) is 26.5. The van der Waals surface area contributed by atoms with Gasteiger partial charge < -0.3 is 19.3 Å². The first-order valence-electron chi connectivity index (χ1n) is 12.7. The monoisotopic (exact) mass is 553 g/mol. The number of ether oxygens (including phenoxy) is 2. The van der Waals surface area contributed by atoms with Crippen LogP contribution in [0.25, 0.3) is 10.8 Å². The Bertz CT molecular complexity index is 1270. The van der Waals surface area contributed by atoms with Gasteiger partial charge in [0.2, 0.25) is 5.88 Å². The van der Waals surface area contributed by atoms with Crippen molar-refractivity contribution in [2.45, 2.75) is 83.2 Å². The van der Waals surface area contributed by atoms with Gasteiger partial charge in [-0.25, -0.2) is 14.2 Å². The number of halogens is 3. The lowest BCUT2D eigenvalue weighted by Gasteiger charge is -2.52. The minimum Gasteiger partial charge on any atom is -0.472 e. The van der Waals surface area contributed by atoms with E-state index in [0.29, 0.717) is 36.4 Å². The van der Waals surface area contributed by atoms with Gasteiger partial charge in [-0.05, 0) is 61.6 Å². The van der Waals surface area contributed by atoms with Gasteiger partial charge in [-0.15, -0.1) is 0 Å². The number of carbonyl (C=O) groups is 1. The molecular formula is C26H34Cl2FN5O3. The fourth-order valence-electron chi connectivity index (χ4n) is 6.06. The molecule has 8 nitrogen and oxygen atoms in total. The normalized spacial score (nSPS) is 26.8. The summed E-state index contributed by atoms with van der Waals surface area (Å²) in [7, 11) is 3.92. The van der Waals surface area contributed by atoms with Crippen LogP contribution in [0, 0.1) is 5.82 Å². The summed E-state index contributed by atoms with van der Waals surface area (Å²) in [6, 6.07) is -0.436. The largest absolute Gasteiger partial charge is 0.472 e. The molecule has 0 aliphatic carbocycles. The molecule has 0 unspecified atom stereocenters. The lowest BCUT2D eigenvalue weighted by Crippen LogP contribution is -2.69. The molecule has 0 saturated carbocycles. The van der Waals surface area contributed by atoms with Crippen LogP contribution in [0.3, 0.4) is 0 Å². The summed E-state index contributed by atoms with van der Waals surface area (Å²) in [5, 5.41) is 0.523. The van der Waals surface area contributed by atoms with Crippen molar-refractivity contribution < 1.29 is 18.7 Å². The summed E-state index contributed by atoms with van der Waals surface area (Å²) in [6.45, 7) is 10.8. The van der Waals surface area contributed by atoms with E-state index in [0.717, 1.165) is 12.8 Å². The van der Waals surface area contributed by atoms with E-state index in [1.165, 1.54) is 0 Å². The maximum atomic E-state index is 15.5. The van der Waals surface area contributed by atoms with Gasteiger partial charge in [-0.2, -0.15) is 4.98 Å². The van der Waals surface area contributed by atoms with Gasteiger partial charge >= 0.3 is 6.09 Å². The third kappa shape index (κ3) is 4.36. The summed E-state index contributed by atoms with van der Waals surface area (Å²) >= 11 is 13.0. The van der Waals surface area contributed by atoms with Crippen molar-refractivity contribution in [3.8, 4) is 5.88 Å². The van der Waals surface area contributed by atoms with E-state index in [2.05, 4.69) is 16.8 Å². The number of aromatic nitrogens is 2. The molecule has 2 saturated heterocycles. The molecule has 2 bridgehead atoms. The SMILES string of the molecule is C[C@@H]1Oc2nc(Cl)c(F)c3c(Cl)c(CCN(C)C)nc(c23)N2C[C@@]3(C)CC[C@@H]([C@@H]12)N3C(=O)OC(C)(C)C. The predicted octanol–water partition coefficient (Wildman–Crippen LogP) is 5.31. The second-order valence-electron chi connectivity index (χ2n) is 11.9. The van der Waals surface area contributed by atoms with Crippen molar-refractivity contribution >= 4 is 45.9 Å². The topological polar surface area (TPSA) is 71.0 Å². The van der Waals surface area contributed by atoms with Gasteiger partial charge in [0.1, 0.15) is 17.5 Å². The molecular weight excluding hydrogens is 520 g/mol. The smallest absolute Gasteiger partial charge is 0.411 e. The van der Waals surface area contributed by atoms with Crippen LogP contribution in [0.1, 0.15) is 53.2 Å². The first-order chi connectivity index (χ1) is 17.2. The number of hydrogen-bond donors (Lipinski definition) is 0. The summed E-state index contributed by atoms with van der Waals surface area (Å²) in [4.78, 5) is 28.8. The summed E-state index contributed by atoms with van der Waals surface area (Å²) < 4.78 is 27.7. The molecule has 2 aromatic heterocycles. The molecule has 0 aromatic carbocycles. The predicted molar refractivity (Wildman–Crippen MR) is 142 cm³/mol. The van der Waals surface area contributed by atoms with Crippen molar-refractivity contribution in [1.82, 2.24) is 19.8 Å². The number of rotatable bonds is 3. The van der Waals surface area contributed by atoms with Crippen molar-refractivity contribution in [2.75, 3.05) is 32.1 Å². The average molecular weight is 554 g/mol. The van der Waals surface area contributed by atoms with E-state index in [9.17, 15) is 4.79 Å². The number of anilines is 1. The maximum absolute atomic E-state index is 15.5. The Balaban J connectivity index is 1.69. The van der Waals surface area contributed by atoms with Crippen molar-refractivity contribution in [1.29, 1.82) is 0 Å². The van der Waals surface area contributed by atoms with E-state index in [-0.39, 0.29) is 39.6 Å². The highest BCUT2D eigenvalue weighted by Gasteiger charge is 2.59. The molecule has 5 rings (SSSR count). The van der Waals surface area contributed by atoms with Gasteiger partial charge in [0.25, 0.3) is 0 Å². The zero-order valence-corrected chi connectivity index (χ0v) is 23.9. The van der Waals surface area contributed by atoms with Crippen LogP contribution in [0.4, 0.5) is 15.0 Å². The molecule has 0 radical (unpaired) electrons. The molecule has 5 heterocycles. The Labute approximate surface area is 227 Å². The lowest BCUT2D eigenvalue weighted by atomic mass is 9.93. The van der Waals surface area contributed by atoms with Crippen molar-refractivity contribution in [3.63, 3.8) is 0 Å². The third-order valence-corrected chi connectivity index (χ3v) is 8.25. The highest BCUT2D eigenvalue weighted by Crippen LogP contribution is 2.50. The average Bonchev–Trinajstić information content (AvgIpc) is 2.96. The Morgan fingerprint density at radius 3 is 2.62 bits per heavy atom. The number of likely N-dealkylation sites (N-methyl/N-ethyl adjacent to an activating group) is 1. The zero-order valence-electron chi connectivity index (χ0n) is 22.4. The van der Waals surface area contributed by atoms with E-state index >= 15 is 4.39 Å². The van der Waals surface area contributed by atoms with Gasteiger partial charge in [0, 0.05) is 19.5 Å². The van der Waals surface area contributed by atoms with Gasteiger partial charge in [-0.3, -0.25) is 4.90 Å². The molecule has 0 spiro atoms. The first-order valence-corrected chi connectivity index (χ1v) is 13.4.